The van der Waals surface area contributed by atoms with Gasteiger partial charge in [0.2, 0.25) is 0 Å². The van der Waals surface area contributed by atoms with Gasteiger partial charge in [-0.15, -0.1) is 0 Å². The molecule has 0 N–H and O–H groups in total. The standard InChI is InChI=1S/C19H22F2N4/c20-16-7-6-14(12-17(16)21)24-8-3-9-25(11-10-24)19-15-4-1-2-5-18(15)22-13-23-19/h6-7,12-13H,1-5,8-11H2. The number of nitrogens with zero attached hydrogens (tertiary/aromatic N) is 4. The fraction of sp³-hybridized carbons (Fsp3) is 0.474. The molecule has 2 aromatic rings. The van der Waals surface area contributed by atoms with Gasteiger partial charge in [0.1, 0.15) is 12.1 Å². The number of anilines is 2. The van der Waals surface area contributed by atoms with E-state index in [9.17, 15) is 8.78 Å². The van der Waals surface area contributed by atoms with E-state index < -0.39 is 11.6 Å². The average molecular weight is 344 g/mol. The van der Waals surface area contributed by atoms with Gasteiger partial charge in [0.15, 0.2) is 11.6 Å². The number of hydrogen-bond donors (Lipinski definition) is 0. The van der Waals surface area contributed by atoms with Crippen LogP contribution in [0.25, 0.3) is 0 Å². The molecule has 0 atom stereocenters. The summed E-state index contributed by atoms with van der Waals surface area (Å²) >= 11 is 0. The summed E-state index contributed by atoms with van der Waals surface area (Å²) in [5.41, 5.74) is 3.23. The van der Waals surface area contributed by atoms with Crippen molar-refractivity contribution in [3.8, 4) is 0 Å². The molecule has 4 rings (SSSR count). The van der Waals surface area contributed by atoms with Crippen LogP contribution in [0.4, 0.5) is 20.3 Å². The van der Waals surface area contributed by atoms with Gasteiger partial charge >= 0.3 is 0 Å². The fourth-order valence-corrected chi connectivity index (χ4v) is 3.85. The summed E-state index contributed by atoms with van der Waals surface area (Å²) in [7, 11) is 0. The van der Waals surface area contributed by atoms with Crippen molar-refractivity contribution in [3.63, 3.8) is 0 Å². The van der Waals surface area contributed by atoms with E-state index in [0.717, 1.165) is 56.9 Å². The molecular weight excluding hydrogens is 322 g/mol. The van der Waals surface area contributed by atoms with Crippen molar-refractivity contribution in [2.24, 2.45) is 0 Å². The summed E-state index contributed by atoms with van der Waals surface area (Å²) in [6, 6.07) is 4.15. The number of halogens is 2. The maximum absolute atomic E-state index is 13.5. The van der Waals surface area contributed by atoms with E-state index in [1.54, 1.807) is 12.4 Å². The van der Waals surface area contributed by atoms with E-state index in [0.29, 0.717) is 0 Å². The Hall–Kier alpha value is -2.24. The van der Waals surface area contributed by atoms with Crippen LogP contribution in [0.2, 0.25) is 0 Å². The van der Waals surface area contributed by atoms with Gasteiger partial charge in [0, 0.05) is 49.2 Å². The highest BCUT2D eigenvalue weighted by Gasteiger charge is 2.22. The van der Waals surface area contributed by atoms with Crippen LogP contribution in [0.1, 0.15) is 30.5 Å². The molecule has 0 bridgehead atoms. The predicted octanol–water partition coefficient (Wildman–Crippen LogP) is 3.35. The highest BCUT2D eigenvalue weighted by atomic mass is 19.2. The molecule has 1 aliphatic heterocycles. The summed E-state index contributed by atoms with van der Waals surface area (Å²) < 4.78 is 26.7. The molecule has 0 amide bonds. The molecule has 0 radical (unpaired) electrons. The summed E-state index contributed by atoms with van der Waals surface area (Å²) in [6.45, 7) is 3.34. The van der Waals surface area contributed by atoms with E-state index in [2.05, 4.69) is 19.8 Å². The number of benzene rings is 1. The third kappa shape index (κ3) is 3.30. The zero-order chi connectivity index (χ0) is 17.2. The number of fused-ring (bicyclic) bond motifs is 1. The van der Waals surface area contributed by atoms with Gasteiger partial charge < -0.3 is 9.80 Å². The Labute approximate surface area is 146 Å². The third-order valence-corrected chi connectivity index (χ3v) is 5.17. The lowest BCUT2D eigenvalue weighted by molar-refractivity contribution is 0.508. The molecule has 0 spiro atoms. The number of rotatable bonds is 2. The quantitative estimate of drug-likeness (QED) is 0.836. The molecule has 6 heteroatoms. The first-order valence-corrected chi connectivity index (χ1v) is 9.00. The van der Waals surface area contributed by atoms with Crippen molar-refractivity contribution < 1.29 is 8.78 Å². The van der Waals surface area contributed by atoms with Gasteiger partial charge in [-0.2, -0.15) is 0 Å². The molecule has 1 aliphatic carbocycles. The van der Waals surface area contributed by atoms with E-state index in [1.807, 2.05) is 0 Å². The zero-order valence-corrected chi connectivity index (χ0v) is 14.2. The van der Waals surface area contributed by atoms with Crippen LogP contribution in [-0.4, -0.2) is 36.1 Å². The lowest BCUT2D eigenvalue weighted by Gasteiger charge is -2.27. The van der Waals surface area contributed by atoms with E-state index in [-0.39, 0.29) is 0 Å². The molecule has 2 heterocycles. The largest absolute Gasteiger partial charge is 0.370 e. The number of aryl methyl sites for hydroxylation is 1. The Kier molecular flexibility index (Phi) is 4.51. The summed E-state index contributed by atoms with van der Waals surface area (Å²) in [5.74, 6) is -0.520. The fourth-order valence-electron chi connectivity index (χ4n) is 3.85. The van der Waals surface area contributed by atoms with Crippen LogP contribution in [0.15, 0.2) is 24.5 Å². The maximum atomic E-state index is 13.5. The minimum absolute atomic E-state index is 0.741. The first-order valence-electron chi connectivity index (χ1n) is 9.00. The molecule has 1 aromatic heterocycles. The van der Waals surface area contributed by atoms with Crippen molar-refractivity contribution in [3.05, 3.63) is 47.4 Å². The first-order chi connectivity index (χ1) is 12.2. The lowest BCUT2D eigenvalue weighted by atomic mass is 9.96. The molecule has 0 saturated carbocycles. The van der Waals surface area contributed by atoms with Crippen molar-refractivity contribution in [2.45, 2.75) is 32.1 Å². The summed E-state index contributed by atoms with van der Waals surface area (Å²) in [4.78, 5) is 13.5. The van der Waals surface area contributed by atoms with Gasteiger partial charge in [0.05, 0.1) is 0 Å². The average Bonchev–Trinajstić information content (AvgIpc) is 2.90. The monoisotopic (exact) mass is 344 g/mol. The molecule has 1 fully saturated rings. The molecular formula is C19H22F2N4. The van der Waals surface area contributed by atoms with Crippen LogP contribution in [0.3, 0.4) is 0 Å². The van der Waals surface area contributed by atoms with Crippen LogP contribution < -0.4 is 9.80 Å². The Bertz CT molecular complexity index is 765. The van der Waals surface area contributed by atoms with Crippen molar-refractivity contribution in [2.75, 3.05) is 36.0 Å². The van der Waals surface area contributed by atoms with Gasteiger partial charge in [-0.05, 0) is 44.2 Å². The SMILES string of the molecule is Fc1ccc(N2CCCN(c3ncnc4c3CCCC4)CC2)cc1F. The Balaban J connectivity index is 1.53. The maximum Gasteiger partial charge on any atom is 0.160 e. The summed E-state index contributed by atoms with van der Waals surface area (Å²) in [5, 5.41) is 0. The van der Waals surface area contributed by atoms with Crippen molar-refractivity contribution >= 4 is 11.5 Å². The van der Waals surface area contributed by atoms with Gasteiger partial charge in [-0.1, -0.05) is 0 Å². The van der Waals surface area contributed by atoms with Gasteiger partial charge in [-0.3, -0.25) is 0 Å². The minimum atomic E-state index is -0.798. The highest BCUT2D eigenvalue weighted by Crippen LogP contribution is 2.28. The Morgan fingerprint density at radius 1 is 0.800 bits per heavy atom. The smallest absolute Gasteiger partial charge is 0.160 e. The van der Waals surface area contributed by atoms with Crippen LogP contribution in [0, 0.1) is 11.6 Å². The molecule has 1 aromatic carbocycles. The highest BCUT2D eigenvalue weighted by molar-refractivity contribution is 5.52. The van der Waals surface area contributed by atoms with E-state index in [1.165, 1.54) is 36.2 Å². The number of aromatic nitrogens is 2. The Morgan fingerprint density at radius 3 is 2.48 bits per heavy atom. The second-order valence-electron chi connectivity index (χ2n) is 6.76. The molecule has 0 unspecified atom stereocenters. The van der Waals surface area contributed by atoms with E-state index >= 15 is 0 Å². The number of hydrogen-bond acceptors (Lipinski definition) is 4. The molecule has 25 heavy (non-hydrogen) atoms. The normalized spacial score (nSPS) is 18.0. The molecule has 1 saturated heterocycles. The van der Waals surface area contributed by atoms with Crippen LogP contribution in [0.5, 0.6) is 0 Å². The van der Waals surface area contributed by atoms with Gasteiger partial charge in [-0.25, -0.2) is 18.7 Å². The second-order valence-corrected chi connectivity index (χ2v) is 6.76. The lowest BCUT2D eigenvalue weighted by Crippen LogP contribution is -2.32. The summed E-state index contributed by atoms with van der Waals surface area (Å²) in [6.07, 6.45) is 7.12. The van der Waals surface area contributed by atoms with E-state index in [4.69, 9.17) is 0 Å². The predicted molar refractivity (Wildman–Crippen MR) is 94.1 cm³/mol. The third-order valence-electron chi connectivity index (χ3n) is 5.17. The topological polar surface area (TPSA) is 32.3 Å². The van der Waals surface area contributed by atoms with Crippen molar-refractivity contribution in [1.29, 1.82) is 0 Å². The first kappa shape index (κ1) is 16.2. The molecule has 132 valence electrons. The molecule has 2 aliphatic rings. The van der Waals surface area contributed by atoms with Crippen LogP contribution >= 0.6 is 0 Å². The molecule has 4 nitrogen and oxygen atoms in total. The van der Waals surface area contributed by atoms with Crippen molar-refractivity contribution in [1.82, 2.24) is 9.97 Å². The Morgan fingerprint density at radius 2 is 1.60 bits per heavy atom. The minimum Gasteiger partial charge on any atom is -0.370 e. The van der Waals surface area contributed by atoms with Crippen LogP contribution in [-0.2, 0) is 12.8 Å². The second kappa shape index (κ2) is 6.94. The van der Waals surface area contributed by atoms with Gasteiger partial charge in [0.25, 0.3) is 0 Å². The zero-order valence-electron chi connectivity index (χ0n) is 14.2.